The van der Waals surface area contributed by atoms with Crippen LogP contribution in [0.25, 0.3) is 0 Å². The van der Waals surface area contributed by atoms with Crippen LogP contribution in [0.5, 0.6) is 0 Å². The second-order valence-electron chi connectivity index (χ2n) is 9.09. The summed E-state index contributed by atoms with van der Waals surface area (Å²) >= 11 is 0. The molecule has 2 heteroatoms. The summed E-state index contributed by atoms with van der Waals surface area (Å²) in [5, 5.41) is 0. The Morgan fingerprint density at radius 1 is 0.370 bits per heavy atom. The van der Waals surface area contributed by atoms with Crippen LogP contribution in [0.2, 0.25) is 0 Å². The van der Waals surface area contributed by atoms with Crippen molar-refractivity contribution in [2.45, 2.75) is 136 Å². The van der Waals surface area contributed by atoms with Gasteiger partial charge in [-0.15, -0.1) is 0 Å². The zero-order chi connectivity index (χ0) is 19.3. The first-order chi connectivity index (χ1) is 12.7. The molecule has 0 fully saturated rings. The van der Waals surface area contributed by atoms with Crippen LogP contribution in [0.4, 0.5) is 0 Å². The maximum Gasteiger partial charge on any atom is 0.0784 e. The fraction of sp³-hybridized carbons (Fsp3) is 1.00. The minimum absolute atomic E-state index is 0. The molecule has 27 heavy (non-hydrogen) atoms. The highest BCUT2D eigenvalue weighted by atomic mass is 35.5. The lowest BCUT2D eigenvalue weighted by Gasteiger charge is -2.35. The third-order valence-electron chi connectivity index (χ3n) is 6.15. The van der Waals surface area contributed by atoms with Crippen molar-refractivity contribution in [2.24, 2.45) is 0 Å². The van der Waals surface area contributed by atoms with Gasteiger partial charge in [-0.1, -0.05) is 111 Å². The van der Waals surface area contributed by atoms with Gasteiger partial charge in [-0.2, -0.15) is 0 Å². The molecule has 166 valence electrons. The lowest BCUT2D eigenvalue weighted by Crippen LogP contribution is -3.00. The number of hydrogen-bond acceptors (Lipinski definition) is 0. The van der Waals surface area contributed by atoms with E-state index in [1.165, 1.54) is 140 Å². The van der Waals surface area contributed by atoms with E-state index in [2.05, 4.69) is 27.8 Å². The summed E-state index contributed by atoms with van der Waals surface area (Å²) in [6.45, 7) is 11.2. The first kappa shape index (κ1) is 29.5. The molecule has 0 bridgehead atoms. The molecule has 0 aromatic heterocycles. The lowest BCUT2D eigenvalue weighted by atomic mass is 10.0. The first-order valence-corrected chi connectivity index (χ1v) is 12.5. The van der Waals surface area contributed by atoms with Crippen LogP contribution in [0.15, 0.2) is 0 Å². The molecule has 0 aromatic carbocycles. The molecule has 0 saturated heterocycles. The van der Waals surface area contributed by atoms with Crippen molar-refractivity contribution in [2.75, 3.05) is 26.7 Å². The zero-order valence-electron chi connectivity index (χ0n) is 19.7. The number of hydrogen-bond donors (Lipinski definition) is 0. The van der Waals surface area contributed by atoms with E-state index in [0.29, 0.717) is 0 Å². The molecule has 0 aliphatic rings. The Morgan fingerprint density at radius 2 is 0.630 bits per heavy atom. The molecule has 0 aliphatic carbocycles. The van der Waals surface area contributed by atoms with Gasteiger partial charge in [-0.25, -0.2) is 0 Å². The summed E-state index contributed by atoms with van der Waals surface area (Å²) in [4.78, 5) is 0. The van der Waals surface area contributed by atoms with E-state index in [0.717, 1.165) is 0 Å². The number of halogens is 1. The Hall–Kier alpha value is 0.250. The molecule has 0 aromatic rings. The standard InChI is InChI=1S/C25H54N.ClH/c1-5-8-11-12-13-14-15-16-17-18-19-20-21-22-25-26(4,23-9-6-2)24-10-7-3;/h5-25H2,1-4H3;1H/q+1;/p-1. The van der Waals surface area contributed by atoms with E-state index in [1.54, 1.807) is 0 Å². The summed E-state index contributed by atoms with van der Waals surface area (Å²) in [6.07, 6.45) is 26.0. The van der Waals surface area contributed by atoms with Gasteiger partial charge in [0.15, 0.2) is 0 Å². The average Bonchev–Trinajstić information content (AvgIpc) is 2.65. The number of unbranched alkanes of at least 4 members (excludes halogenated alkanes) is 15. The van der Waals surface area contributed by atoms with Crippen molar-refractivity contribution in [3.8, 4) is 0 Å². The minimum atomic E-state index is 0. The molecule has 0 heterocycles. The highest BCUT2D eigenvalue weighted by Crippen LogP contribution is 2.15. The zero-order valence-corrected chi connectivity index (χ0v) is 20.4. The van der Waals surface area contributed by atoms with Gasteiger partial charge in [0, 0.05) is 0 Å². The smallest absolute Gasteiger partial charge is 0.0784 e. The fourth-order valence-electron chi connectivity index (χ4n) is 4.10. The van der Waals surface area contributed by atoms with Gasteiger partial charge in [0.2, 0.25) is 0 Å². The number of rotatable bonds is 21. The number of quaternary nitrogens is 1. The second-order valence-corrected chi connectivity index (χ2v) is 9.09. The Bertz CT molecular complexity index is 259. The van der Waals surface area contributed by atoms with Gasteiger partial charge in [-0.3, -0.25) is 0 Å². The van der Waals surface area contributed by atoms with Crippen LogP contribution >= 0.6 is 0 Å². The highest BCUT2D eigenvalue weighted by Gasteiger charge is 2.19. The fourth-order valence-corrected chi connectivity index (χ4v) is 4.10. The summed E-state index contributed by atoms with van der Waals surface area (Å²) in [5.41, 5.74) is 0. The Labute approximate surface area is 180 Å². The topological polar surface area (TPSA) is 0 Å². The Balaban J connectivity index is 0. The Morgan fingerprint density at radius 3 is 0.963 bits per heavy atom. The van der Waals surface area contributed by atoms with Gasteiger partial charge < -0.3 is 16.9 Å². The molecule has 0 atom stereocenters. The SMILES string of the molecule is CCCCCCCCCCCCCCCC[N+](C)(CCCC)CCCC.[Cl-]. The van der Waals surface area contributed by atoms with Crippen molar-refractivity contribution in [1.29, 1.82) is 0 Å². The predicted octanol–water partition coefficient (Wildman–Crippen LogP) is 5.52. The number of nitrogens with zero attached hydrogens (tertiary/aromatic N) is 1. The molecule has 1 nitrogen and oxygen atoms in total. The second kappa shape index (κ2) is 22.5. The van der Waals surface area contributed by atoms with Gasteiger partial charge in [0.1, 0.15) is 0 Å². The summed E-state index contributed by atoms with van der Waals surface area (Å²) < 4.78 is 1.33. The normalized spacial score (nSPS) is 11.6. The predicted molar refractivity (Wildman–Crippen MR) is 121 cm³/mol. The quantitative estimate of drug-likeness (QED) is 0.175. The summed E-state index contributed by atoms with van der Waals surface area (Å²) in [5.74, 6) is 0. The molecular formula is C25H54ClN. The molecular weight excluding hydrogens is 350 g/mol. The minimum Gasteiger partial charge on any atom is -1.00 e. The van der Waals surface area contributed by atoms with E-state index in [-0.39, 0.29) is 12.4 Å². The lowest BCUT2D eigenvalue weighted by molar-refractivity contribution is -0.910. The van der Waals surface area contributed by atoms with Crippen molar-refractivity contribution in [3.63, 3.8) is 0 Å². The van der Waals surface area contributed by atoms with Gasteiger partial charge in [-0.05, 0) is 25.7 Å². The largest absolute Gasteiger partial charge is 1.00 e. The van der Waals surface area contributed by atoms with Gasteiger partial charge in [0.25, 0.3) is 0 Å². The highest BCUT2D eigenvalue weighted by molar-refractivity contribution is 4.50. The molecule has 0 N–H and O–H groups in total. The van der Waals surface area contributed by atoms with Crippen molar-refractivity contribution in [3.05, 3.63) is 0 Å². The molecule has 0 unspecified atom stereocenters. The van der Waals surface area contributed by atoms with Crippen molar-refractivity contribution < 1.29 is 16.9 Å². The summed E-state index contributed by atoms with van der Waals surface area (Å²) in [6, 6.07) is 0. The van der Waals surface area contributed by atoms with Crippen LogP contribution in [0.1, 0.15) is 136 Å². The molecule has 0 aliphatic heterocycles. The molecule has 0 amide bonds. The van der Waals surface area contributed by atoms with E-state index >= 15 is 0 Å². The monoisotopic (exact) mass is 403 g/mol. The van der Waals surface area contributed by atoms with Crippen molar-refractivity contribution in [1.82, 2.24) is 0 Å². The van der Waals surface area contributed by atoms with Crippen molar-refractivity contribution >= 4 is 0 Å². The molecule has 0 radical (unpaired) electrons. The van der Waals surface area contributed by atoms with Crippen LogP contribution in [0.3, 0.4) is 0 Å². The van der Waals surface area contributed by atoms with E-state index < -0.39 is 0 Å². The van der Waals surface area contributed by atoms with E-state index in [9.17, 15) is 0 Å². The Kier molecular flexibility index (Phi) is 24.6. The van der Waals surface area contributed by atoms with E-state index in [4.69, 9.17) is 0 Å². The van der Waals surface area contributed by atoms with E-state index in [1.807, 2.05) is 0 Å². The van der Waals surface area contributed by atoms with Gasteiger partial charge in [0.05, 0.1) is 26.7 Å². The maximum absolute atomic E-state index is 2.51. The molecule has 0 spiro atoms. The first-order valence-electron chi connectivity index (χ1n) is 12.5. The third kappa shape index (κ3) is 20.8. The van der Waals surface area contributed by atoms with Crippen LogP contribution < -0.4 is 12.4 Å². The van der Waals surface area contributed by atoms with Crippen LogP contribution in [-0.2, 0) is 0 Å². The summed E-state index contributed by atoms with van der Waals surface area (Å²) in [7, 11) is 2.51. The average molecular weight is 404 g/mol. The molecule has 0 saturated carbocycles. The van der Waals surface area contributed by atoms with Crippen LogP contribution in [0, 0.1) is 0 Å². The van der Waals surface area contributed by atoms with Crippen LogP contribution in [-0.4, -0.2) is 31.2 Å². The third-order valence-corrected chi connectivity index (χ3v) is 6.15. The molecule has 0 rings (SSSR count). The maximum atomic E-state index is 2.51. The van der Waals surface area contributed by atoms with Gasteiger partial charge >= 0.3 is 0 Å².